The van der Waals surface area contributed by atoms with Crippen molar-refractivity contribution in [1.82, 2.24) is 4.90 Å². The molecule has 80 valence electrons. The molecule has 1 unspecified atom stereocenters. The normalized spacial score (nSPS) is 17.5. The SMILES string of the molecule is CN(C)CCC(C)(O)C(C)(C)CN. The molecule has 0 amide bonds. The molecule has 0 aromatic heterocycles. The molecule has 1 atom stereocenters. The lowest BCUT2D eigenvalue weighted by atomic mass is 9.74. The van der Waals surface area contributed by atoms with Gasteiger partial charge in [0, 0.05) is 18.5 Å². The van der Waals surface area contributed by atoms with Crippen LogP contribution in [0.5, 0.6) is 0 Å². The van der Waals surface area contributed by atoms with Gasteiger partial charge in [-0.05, 0) is 27.4 Å². The zero-order chi connectivity index (χ0) is 10.7. The third-order valence-electron chi connectivity index (χ3n) is 3.01. The zero-order valence-corrected chi connectivity index (χ0v) is 9.59. The van der Waals surface area contributed by atoms with E-state index in [4.69, 9.17) is 5.73 Å². The second-order valence-corrected chi connectivity index (χ2v) is 4.92. The molecule has 3 heteroatoms. The summed E-state index contributed by atoms with van der Waals surface area (Å²) in [6.07, 6.45) is 0.754. The Kier molecular flexibility index (Phi) is 4.36. The summed E-state index contributed by atoms with van der Waals surface area (Å²) in [5.41, 5.74) is 4.72. The van der Waals surface area contributed by atoms with Crippen LogP contribution in [0.1, 0.15) is 27.2 Å². The molecule has 3 nitrogen and oxygen atoms in total. The van der Waals surface area contributed by atoms with Crippen LogP contribution >= 0.6 is 0 Å². The molecule has 3 N–H and O–H groups in total. The van der Waals surface area contributed by atoms with Crippen molar-refractivity contribution < 1.29 is 5.11 Å². The molecule has 0 fully saturated rings. The number of nitrogens with two attached hydrogens (primary N) is 1. The van der Waals surface area contributed by atoms with E-state index in [0.29, 0.717) is 6.54 Å². The van der Waals surface area contributed by atoms with Gasteiger partial charge in [-0.3, -0.25) is 0 Å². The highest BCUT2D eigenvalue weighted by atomic mass is 16.3. The lowest BCUT2D eigenvalue weighted by Crippen LogP contribution is -2.48. The zero-order valence-electron chi connectivity index (χ0n) is 9.59. The Morgan fingerprint density at radius 3 is 2.00 bits per heavy atom. The quantitative estimate of drug-likeness (QED) is 0.667. The fraction of sp³-hybridized carbons (Fsp3) is 1.00. The lowest BCUT2D eigenvalue weighted by Gasteiger charge is -2.40. The minimum Gasteiger partial charge on any atom is -0.390 e. The number of rotatable bonds is 5. The van der Waals surface area contributed by atoms with E-state index >= 15 is 0 Å². The average molecular weight is 188 g/mol. The van der Waals surface area contributed by atoms with E-state index in [2.05, 4.69) is 4.90 Å². The molecule has 0 aliphatic heterocycles. The molecule has 0 spiro atoms. The summed E-state index contributed by atoms with van der Waals surface area (Å²) in [7, 11) is 4.01. The standard InChI is InChI=1S/C10H24N2O/c1-9(2,8-11)10(3,13)6-7-12(4)5/h13H,6-8,11H2,1-5H3. The van der Waals surface area contributed by atoms with Crippen molar-refractivity contribution in [2.75, 3.05) is 27.2 Å². The van der Waals surface area contributed by atoms with Gasteiger partial charge in [-0.15, -0.1) is 0 Å². The van der Waals surface area contributed by atoms with Gasteiger partial charge in [0.05, 0.1) is 5.60 Å². The number of aliphatic hydroxyl groups is 1. The van der Waals surface area contributed by atoms with E-state index in [1.807, 2.05) is 34.9 Å². The van der Waals surface area contributed by atoms with Crippen molar-refractivity contribution in [3.8, 4) is 0 Å². The Morgan fingerprint density at radius 1 is 1.23 bits per heavy atom. The highest BCUT2D eigenvalue weighted by molar-refractivity contribution is 4.90. The van der Waals surface area contributed by atoms with Gasteiger partial charge in [-0.25, -0.2) is 0 Å². The van der Waals surface area contributed by atoms with Gasteiger partial charge in [0.25, 0.3) is 0 Å². The Bertz CT molecular complexity index is 153. The highest BCUT2D eigenvalue weighted by Gasteiger charge is 2.37. The van der Waals surface area contributed by atoms with Crippen molar-refractivity contribution in [3.05, 3.63) is 0 Å². The molecule has 0 bridgehead atoms. The van der Waals surface area contributed by atoms with Crippen molar-refractivity contribution >= 4 is 0 Å². The molecule has 0 heterocycles. The van der Waals surface area contributed by atoms with Crippen molar-refractivity contribution in [2.24, 2.45) is 11.1 Å². The van der Waals surface area contributed by atoms with E-state index in [9.17, 15) is 5.11 Å². The summed E-state index contributed by atoms with van der Waals surface area (Å²) in [5.74, 6) is 0. The highest BCUT2D eigenvalue weighted by Crippen LogP contribution is 2.32. The van der Waals surface area contributed by atoms with Crippen LogP contribution in [0.15, 0.2) is 0 Å². The van der Waals surface area contributed by atoms with E-state index in [-0.39, 0.29) is 5.41 Å². The second-order valence-electron chi connectivity index (χ2n) is 4.92. The predicted molar refractivity (Wildman–Crippen MR) is 56.6 cm³/mol. The Balaban J connectivity index is 4.22. The first-order valence-corrected chi connectivity index (χ1v) is 4.80. The third-order valence-corrected chi connectivity index (χ3v) is 3.01. The number of hydrogen-bond donors (Lipinski definition) is 2. The number of hydrogen-bond acceptors (Lipinski definition) is 3. The maximum atomic E-state index is 10.2. The Labute approximate surface area is 81.9 Å². The monoisotopic (exact) mass is 188 g/mol. The Morgan fingerprint density at radius 2 is 1.69 bits per heavy atom. The van der Waals surface area contributed by atoms with E-state index in [1.165, 1.54) is 0 Å². The first-order chi connectivity index (χ1) is 5.73. The topological polar surface area (TPSA) is 49.5 Å². The van der Waals surface area contributed by atoms with Crippen molar-refractivity contribution in [3.63, 3.8) is 0 Å². The van der Waals surface area contributed by atoms with Crippen molar-refractivity contribution in [1.29, 1.82) is 0 Å². The molecular formula is C10H24N2O. The van der Waals surface area contributed by atoms with E-state index in [0.717, 1.165) is 13.0 Å². The van der Waals surface area contributed by atoms with Crippen LogP contribution in [-0.4, -0.2) is 42.8 Å². The van der Waals surface area contributed by atoms with Gasteiger partial charge >= 0.3 is 0 Å². The molecule has 0 aromatic rings. The molecule has 13 heavy (non-hydrogen) atoms. The van der Waals surface area contributed by atoms with Gasteiger partial charge in [0.15, 0.2) is 0 Å². The molecular weight excluding hydrogens is 164 g/mol. The molecule has 0 saturated carbocycles. The first-order valence-electron chi connectivity index (χ1n) is 4.80. The molecule has 0 aromatic carbocycles. The average Bonchev–Trinajstić information content (AvgIpc) is 2.01. The fourth-order valence-electron chi connectivity index (χ4n) is 1.000. The minimum atomic E-state index is -0.688. The maximum Gasteiger partial charge on any atom is 0.0694 e. The van der Waals surface area contributed by atoms with Crippen LogP contribution in [0.4, 0.5) is 0 Å². The van der Waals surface area contributed by atoms with Gasteiger partial charge in [-0.1, -0.05) is 13.8 Å². The van der Waals surface area contributed by atoms with E-state index < -0.39 is 5.60 Å². The molecule has 0 saturated heterocycles. The summed E-state index contributed by atoms with van der Waals surface area (Å²) in [6.45, 7) is 7.26. The second kappa shape index (κ2) is 4.40. The van der Waals surface area contributed by atoms with Crippen molar-refractivity contribution in [2.45, 2.75) is 32.8 Å². The first kappa shape index (κ1) is 12.9. The summed E-state index contributed by atoms with van der Waals surface area (Å²) >= 11 is 0. The van der Waals surface area contributed by atoms with Crippen LogP contribution in [0.2, 0.25) is 0 Å². The molecule has 0 radical (unpaired) electrons. The molecule has 0 rings (SSSR count). The van der Waals surface area contributed by atoms with Crippen LogP contribution in [0.3, 0.4) is 0 Å². The largest absolute Gasteiger partial charge is 0.390 e. The summed E-state index contributed by atoms with van der Waals surface area (Å²) in [6, 6.07) is 0. The Hall–Kier alpha value is -0.120. The fourth-order valence-corrected chi connectivity index (χ4v) is 1.000. The number of nitrogens with zero attached hydrogens (tertiary/aromatic N) is 1. The smallest absolute Gasteiger partial charge is 0.0694 e. The van der Waals surface area contributed by atoms with Crippen LogP contribution in [0, 0.1) is 5.41 Å². The van der Waals surface area contributed by atoms with Gasteiger partial charge in [-0.2, -0.15) is 0 Å². The van der Waals surface area contributed by atoms with E-state index in [1.54, 1.807) is 0 Å². The summed E-state index contributed by atoms with van der Waals surface area (Å²) in [5, 5.41) is 10.2. The predicted octanol–water partition coefficient (Wildman–Crippen LogP) is 0.674. The summed E-state index contributed by atoms with van der Waals surface area (Å²) < 4.78 is 0. The summed E-state index contributed by atoms with van der Waals surface area (Å²) in [4.78, 5) is 2.07. The van der Waals surface area contributed by atoms with Gasteiger partial charge in [0.1, 0.15) is 0 Å². The maximum absolute atomic E-state index is 10.2. The van der Waals surface area contributed by atoms with Gasteiger partial charge in [0.2, 0.25) is 0 Å². The molecule has 0 aliphatic carbocycles. The molecule has 0 aliphatic rings. The van der Waals surface area contributed by atoms with Crippen LogP contribution < -0.4 is 5.73 Å². The third kappa shape index (κ3) is 3.63. The minimum absolute atomic E-state index is 0.219. The van der Waals surface area contributed by atoms with Crippen LogP contribution in [0.25, 0.3) is 0 Å². The van der Waals surface area contributed by atoms with Crippen LogP contribution in [-0.2, 0) is 0 Å². The van der Waals surface area contributed by atoms with Gasteiger partial charge < -0.3 is 15.7 Å². The lowest BCUT2D eigenvalue weighted by molar-refractivity contribution is -0.0562.